The molecule has 2 aromatic rings. The number of nitrogens with two attached hydrogens (primary N) is 1. The number of halogens is 2. The first-order chi connectivity index (χ1) is 10.7. The molecule has 0 aliphatic carbocycles. The molecule has 1 heterocycles. The second-order valence-electron chi connectivity index (χ2n) is 4.77. The van der Waals surface area contributed by atoms with Gasteiger partial charge >= 0.3 is 0 Å². The lowest BCUT2D eigenvalue weighted by molar-refractivity contribution is 0.448. The minimum absolute atomic E-state index is 0.0417. The SMILES string of the molecule is [2H]c1c(N)c([2H])c(Cl)c(Oc2n[nH]c(=O)c(C(C)C)c2C)c1Cl. The van der Waals surface area contributed by atoms with E-state index in [-0.39, 0.29) is 50.9 Å². The fourth-order valence-corrected chi connectivity index (χ4v) is 2.51. The number of rotatable bonds is 3. The lowest BCUT2D eigenvalue weighted by Gasteiger charge is -2.14. The van der Waals surface area contributed by atoms with Crippen molar-refractivity contribution in [3.05, 3.63) is 43.6 Å². The first-order valence-corrected chi connectivity index (χ1v) is 6.93. The largest absolute Gasteiger partial charge is 0.434 e. The molecule has 0 radical (unpaired) electrons. The van der Waals surface area contributed by atoms with Crippen LogP contribution in [0.3, 0.4) is 0 Å². The predicted molar refractivity (Wildman–Crippen MR) is 84.6 cm³/mol. The fourth-order valence-electron chi connectivity index (χ4n) is 1.99. The van der Waals surface area contributed by atoms with E-state index < -0.39 is 0 Å². The number of ether oxygens (including phenoxy) is 1. The number of aromatic nitrogens is 2. The summed E-state index contributed by atoms with van der Waals surface area (Å²) in [4.78, 5) is 11.9. The minimum atomic E-state index is -0.304. The summed E-state index contributed by atoms with van der Waals surface area (Å²) < 4.78 is 21.2. The molecule has 0 bridgehead atoms. The average molecular weight is 330 g/mol. The molecule has 0 saturated heterocycles. The van der Waals surface area contributed by atoms with Gasteiger partial charge in [0.25, 0.3) is 5.56 Å². The normalized spacial score (nSPS) is 12.3. The van der Waals surface area contributed by atoms with Gasteiger partial charge in [-0.05, 0) is 24.9 Å². The van der Waals surface area contributed by atoms with Crippen LogP contribution in [0.15, 0.2) is 16.9 Å². The molecule has 0 saturated carbocycles. The molecule has 2 rings (SSSR count). The van der Waals surface area contributed by atoms with Gasteiger partial charge < -0.3 is 10.5 Å². The Bertz CT molecular complexity index is 809. The van der Waals surface area contributed by atoms with Gasteiger partial charge in [0.15, 0.2) is 5.75 Å². The monoisotopic (exact) mass is 329 g/mol. The van der Waals surface area contributed by atoms with E-state index in [1.54, 1.807) is 6.92 Å². The summed E-state index contributed by atoms with van der Waals surface area (Å²) in [6, 6.07) is -0.496. The smallest absolute Gasteiger partial charge is 0.268 e. The van der Waals surface area contributed by atoms with Gasteiger partial charge in [-0.1, -0.05) is 37.0 Å². The summed E-state index contributed by atoms with van der Waals surface area (Å²) in [5, 5.41) is 5.96. The lowest BCUT2D eigenvalue weighted by atomic mass is 10.0. The van der Waals surface area contributed by atoms with Crippen molar-refractivity contribution in [3.8, 4) is 11.6 Å². The molecule has 5 nitrogen and oxygen atoms in total. The van der Waals surface area contributed by atoms with Crippen LogP contribution in [0.2, 0.25) is 10.0 Å². The summed E-state index contributed by atoms with van der Waals surface area (Å²) in [5.41, 5.74) is 6.21. The molecule has 0 amide bonds. The summed E-state index contributed by atoms with van der Waals surface area (Å²) in [6.07, 6.45) is 0. The van der Waals surface area contributed by atoms with Gasteiger partial charge in [0.1, 0.15) is 0 Å². The van der Waals surface area contributed by atoms with Crippen LogP contribution in [0.1, 0.15) is 33.6 Å². The average Bonchev–Trinajstić information content (AvgIpc) is 2.49. The highest BCUT2D eigenvalue weighted by Gasteiger charge is 2.17. The quantitative estimate of drug-likeness (QED) is 0.837. The van der Waals surface area contributed by atoms with Crippen LogP contribution < -0.4 is 16.0 Å². The molecule has 112 valence electrons. The maximum absolute atomic E-state index is 11.9. The molecule has 3 N–H and O–H groups in total. The van der Waals surface area contributed by atoms with Crippen molar-refractivity contribution in [3.63, 3.8) is 0 Å². The second-order valence-corrected chi connectivity index (χ2v) is 5.53. The van der Waals surface area contributed by atoms with Crippen molar-refractivity contribution >= 4 is 28.9 Å². The Morgan fingerprint density at radius 2 is 1.95 bits per heavy atom. The maximum Gasteiger partial charge on any atom is 0.268 e. The molecule has 1 aromatic heterocycles. The highest BCUT2D eigenvalue weighted by molar-refractivity contribution is 6.37. The number of nitrogens with one attached hydrogen (secondary N) is 1. The Morgan fingerprint density at radius 1 is 1.38 bits per heavy atom. The molecule has 0 fully saturated rings. The van der Waals surface area contributed by atoms with Gasteiger partial charge in [-0.2, -0.15) is 0 Å². The van der Waals surface area contributed by atoms with E-state index in [9.17, 15) is 4.79 Å². The molecular formula is C14H15Cl2N3O2. The highest BCUT2D eigenvalue weighted by Crippen LogP contribution is 2.38. The first kappa shape index (κ1) is 13.0. The van der Waals surface area contributed by atoms with Crippen molar-refractivity contribution in [1.29, 1.82) is 0 Å². The van der Waals surface area contributed by atoms with Crippen molar-refractivity contribution < 1.29 is 7.48 Å². The van der Waals surface area contributed by atoms with Crippen LogP contribution in [0, 0.1) is 6.92 Å². The Morgan fingerprint density at radius 3 is 2.48 bits per heavy atom. The Kier molecular flexibility index (Phi) is 3.68. The number of aromatic amines is 1. The molecule has 21 heavy (non-hydrogen) atoms. The van der Waals surface area contributed by atoms with E-state index in [1.165, 1.54) is 0 Å². The molecule has 7 heteroatoms. The minimum Gasteiger partial charge on any atom is -0.434 e. The van der Waals surface area contributed by atoms with Crippen molar-refractivity contribution in [1.82, 2.24) is 10.2 Å². The molecule has 0 aliphatic heterocycles. The van der Waals surface area contributed by atoms with Crippen molar-refractivity contribution in [2.75, 3.05) is 5.73 Å². The lowest BCUT2D eigenvalue weighted by Crippen LogP contribution is -2.18. The van der Waals surface area contributed by atoms with E-state index in [4.69, 9.17) is 36.4 Å². The predicted octanol–water partition coefficient (Wildman–Crippen LogP) is 3.88. The van der Waals surface area contributed by atoms with Crippen LogP contribution in [-0.2, 0) is 0 Å². The van der Waals surface area contributed by atoms with Gasteiger partial charge in [0.2, 0.25) is 5.88 Å². The summed E-state index contributed by atoms with van der Waals surface area (Å²) in [5.74, 6) is -0.0320. The van der Waals surface area contributed by atoms with Crippen LogP contribution in [0.4, 0.5) is 5.69 Å². The zero-order valence-electron chi connectivity index (χ0n) is 13.7. The molecular weight excluding hydrogens is 313 g/mol. The van der Waals surface area contributed by atoms with Crippen molar-refractivity contribution in [2.45, 2.75) is 26.7 Å². The molecule has 0 aliphatic rings. The topological polar surface area (TPSA) is 81.0 Å². The third kappa shape index (κ3) is 3.14. The Labute approximate surface area is 134 Å². The van der Waals surface area contributed by atoms with E-state index in [0.717, 1.165) is 0 Å². The number of H-pyrrole nitrogens is 1. The highest BCUT2D eigenvalue weighted by atomic mass is 35.5. The van der Waals surface area contributed by atoms with Gasteiger partial charge in [-0.15, -0.1) is 5.10 Å². The van der Waals surface area contributed by atoms with E-state index >= 15 is 0 Å². The third-order valence-electron chi connectivity index (χ3n) is 2.89. The number of benzene rings is 1. The number of hydrogen-bond acceptors (Lipinski definition) is 4. The number of nitrogen functional groups attached to an aromatic ring is 1. The van der Waals surface area contributed by atoms with E-state index in [2.05, 4.69) is 10.2 Å². The van der Waals surface area contributed by atoms with E-state index in [1.807, 2.05) is 13.8 Å². The molecule has 0 unspecified atom stereocenters. The van der Waals surface area contributed by atoms with Gasteiger partial charge in [-0.25, -0.2) is 5.10 Å². The molecule has 0 atom stereocenters. The number of nitrogens with zero attached hydrogens (tertiary/aromatic N) is 1. The second kappa shape index (κ2) is 5.95. The van der Waals surface area contributed by atoms with Crippen molar-refractivity contribution in [2.24, 2.45) is 0 Å². The summed E-state index contributed by atoms with van der Waals surface area (Å²) >= 11 is 12.1. The van der Waals surface area contributed by atoms with Crippen LogP contribution in [0.25, 0.3) is 0 Å². The fraction of sp³-hybridized carbons (Fsp3) is 0.286. The summed E-state index contributed by atoms with van der Waals surface area (Å²) in [6.45, 7) is 5.43. The van der Waals surface area contributed by atoms with E-state index in [0.29, 0.717) is 11.1 Å². The van der Waals surface area contributed by atoms with Crippen LogP contribution >= 0.6 is 23.2 Å². The van der Waals surface area contributed by atoms with Crippen LogP contribution in [0.5, 0.6) is 11.6 Å². The molecule has 0 spiro atoms. The molecule has 1 aromatic carbocycles. The number of anilines is 1. The van der Waals surface area contributed by atoms with Gasteiger partial charge in [0, 0.05) is 16.8 Å². The van der Waals surface area contributed by atoms with Crippen LogP contribution in [-0.4, -0.2) is 10.2 Å². The van der Waals surface area contributed by atoms with Gasteiger partial charge in [0.05, 0.1) is 12.8 Å². The Balaban J connectivity index is 2.62. The summed E-state index contributed by atoms with van der Waals surface area (Å²) in [7, 11) is 0. The standard InChI is InChI=1S/C14H15Cl2N3O2/c1-6(2)11-7(3)14(19-18-13(11)20)21-12-9(15)4-8(17)5-10(12)16/h4-6H,17H2,1-3H3,(H,18,20)/i4D,5D. The maximum atomic E-state index is 11.9. The van der Waals surface area contributed by atoms with Gasteiger partial charge in [-0.3, -0.25) is 4.79 Å². The zero-order valence-corrected chi connectivity index (χ0v) is 13.2. The Hall–Kier alpha value is -1.72. The first-order valence-electron chi connectivity index (χ1n) is 7.17. The zero-order chi connectivity index (χ0) is 17.5. The third-order valence-corrected chi connectivity index (χ3v) is 3.42. The number of hydrogen-bond donors (Lipinski definition) is 2.